The van der Waals surface area contributed by atoms with Gasteiger partial charge in [-0.25, -0.2) is 0 Å². The molecule has 2 unspecified atom stereocenters. The van der Waals surface area contributed by atoms with Gasteiger partial charge in [-0.15, -0.1) is 0 Å². The second-order valence-electron chi connectivity index (χ2n) is 3.46. The van der Waals surface area contributed by atoms with Crippen LogP contribution in [0.5, 0.6) is 0 Å². The molecule has 1 aliphatic rings. The van der Waals surface area contributed by atoms with Crippen molar-refractivity contribution < 1.29 is 4.79 Å². The van der Waals surface area contributed by atoms with E-state index in [0.717, 1.165) is 6.42 Å². The van der Waals surface area contributed by atoms with Gasteiger partial charge in [0.15, 0.2) is 0 Å². The van der Waals surface area contributed by atoms with Crippen molar-refractivity contribution in [2.45, 2.75) is 26.3 Å². The maximum Gasteiger partial charge on any atom is 0.223 e. The lowest BCUT2D eigenvalue weighted by Crippen LogP contribution is -2.38. The second kappa shape index (κ2) is 3.22. The highest BCUT2D eigenvalue weighted by Gasteiger charge is 2.39. The van der Waals surface area contributed by atoms with E-state index in [-0.39, 0.29) is 17.9 Å². The van der Waals surface area contributed by atoms with Crippen molar-refractivity contribution >= 4 is 5.91 Å². The molecule has 64 valence electrons. The molecular formula is C8H16N2O. The molecule has 0 radical (unpaired) electrons. The molecule has 1 saturated carbocycles. The van der Waals surface area contributed by atoms with Crippen molar-refractivity contribution in [3.05, 3.63) is 0 Å². The summed E-state index contributed by atoms with van der Waals surface area (Å²) in [6.07, 6.45) is 1.04. The highest BCUT2D eigenvalue weighted by atomic mass is 16.2. The van der Waals surface area contributed by atoms with Gasteiger partial charge in [0, 0.05) is 18.5 Å². The third kappa shape index (κ3) is 2.19. The Balaban J connectivity index is 2.21. The molecule has 11 heavy (non-hydrogen) atoms. The summed E-state index contributed by atoms with van der Waals surface area (Å²) in [5, 5.41) is 2.86. The van der Waals surface area contributed by atoms with Crippen molar-refractivity contribution in [1.82, 2.24) is 5.32 Å². The van der Waals surface area contributed by atoms with Gasteiger partial charge in [-0.2, -0.15) is 0 Å². The first-order chi connectivity index (χ1) is 5.15. The molecule has 0 spiro atoms. The van der Waals surface area contributed by atoms with Crippen LogP contribution in [0.3, 0.4) is 0 Å². The lowest BCUT2D eigenvalue weighted by Gasteiger charge is -2.10. The summed E-state index contributed by atoms with van der Waals surface area (Å²) in [5.41, 5.74) is 5.36. The van der Waals surface area contributed by atoms with Crippen molar-refractivity contribution in [2.75, 3.05) is 6.54 Å². The molecule has 0 aromatic heterocycles. The van der Waals surface area contributed by atoms with Crippen LogP contribution in [-0.4, -0.2) is 18.5 Å². The summed E-state index contributed by atoms with van der Waals surface area (Å²) in [6.45, 7) is 4.54. The van der Waals surface area contributed by atoms with Crippen molar-refractivity contribution in [3.8, 4) is 0 Å². The molecule has 3 nitrogen and oxygen atoms in total. The lowest BCUT2D eigenvalue weighted by atomic mass is 10.3. The fourth-order valence-electron chi connectivity index (χ4n) is 1.10. The van der Waals surface area contributed by atoms with Crippen LogP contribution in [0.25, 0.3) is 0 Å². The smallest absolute Gasteiger partial charge is 0.223 e. The Morgan fingerprint density at radius 3 is 2.73 bits per heavy atom. The zero-order valence-electron chi connectivity index (χ0n) is 7.13. The summed E-state index contributed by atoms with van der Waals surface area (Å²) < 4.78 is 0. The Kier molecular flexibility index (Phi) is 2.49. The Morgan fingerprint density at radius 1 is 1.82 bits per heavy atom. The van der Waals surface area contributed by atoms with Gasteiger partial charge in [0.1, 0.15) is 0 Å². The number of rotatable bonds is 3. The minimum atomic E-state index is 0.121. The van der Waals surface area contributed by atoms with Gasteiger partial charge in [0.05, 0.1) is 0 Å². The summed E-state index contributed by atoms with van der Waals surface area (Å²) in [5.74, 6) is 1.03. The van der Waals surface area contributed by atoms with Gasteiger partial charge in [-0.3, -0.25) is 4.79 Å². The number of nitrogens with one attached hydrogen (secondary N) is 1. The molecule has 3 heteroatoms. The molecule has 0 heterocycles. The quantitative estimate of drug-likeness (QED) is 0.609. The minimum Gasteiger partial charge on any atom is -0.352 e. The molecule has 0 aromatic rings. The van der Waals surface area contributed by atoms with Crippen LogP contribution in [0.15, 0.2) is 0 Å². The maximum atomic E-state index is 11.2. The van der Waals surface area contributed by atoms with E-state index in [9.17, 15) is 4.79 Å². The lowest BCUT2D eigenvalue weighted by molar-refractivity contribution is -0.123. The first kappa shape index (κ1) is 8.53. The van der Waals surface area contributed by atoms with E-state index < -0.39 is 0 Å². The fraction of sp³-hybridized carbons (Fsp3) is 0.875. The molecule has 1 aliphatic carbocycles. The number of hydrogen-bond acceptors (Lipinski definition) is 2. The molecule has 0 saturated heterocycles. The highest BCUT2D eigenvalue weighted by molar-refractivity contribution is 5.81. The molecule has 1 amide bonds. The van der Waals surface area contributed by atoms with E-state index in [0.29, 0.717) is 12.5 Å². The second-order valence-corrected chi connectivity index (χ2v) is 3.46. The molecule has 1 fully saturated rings. The van der Waals surface area contributed by atoms with E-state index >= 15 is 0 Å². The molecular weight excluding hydrogens is 140 g/mol. The summed E-state index contributed by atoms with van der Waals surface area (Å²) in [6, 6.07) is 0.121. The normalized spacial score (nSPS) is 31.2. The number of carbonyl (C=O) groups excluding carboxylic acids is 1. The third-order valence-corrected chi connectivity index (χ3v) is 2.19. The average molecular weight is 156 g/mol. The van der Waals surface area contributed by atoms with Gasteiger partial charge in [-0.1, -0.05) is 6.92 Å². The Morgan fingerprint density at radius 2 is 2.36 bits per heavy atom. The Bertz CT molecular complexity index is 158. The van der Waals surface area contributed by atoms with Crippen molar-refractivity contribution in [1.29, 1.82) is 0 Å². The van der Waals surface area contributed by atoms with Crippen LogP contribution >= 0.6 is 0 Å². The van der Waals surface area contributed by atoms with Gasteiger partial charge < -0.3 is 11.1 Å². The first-order valence-electron chi connectivity index (χ1n) is 4.15. The fourth-order valence-corrected chi connectivity index (χ4v) is 1.10. The highest BCUT2D eigenvalue weighted by Crippen LogP contribution is 2.37. The van der Waals surface area contributed by atoms with Crippen molar-refractivity contribution in [3.63, 3.8) is 0 Å². The number of carbonyl (C=O) groups is 1. The van der Waals surface area contributed by atoms with Crippen LogP contribution in [0.4, 0.5) is 0 Å². The largest absolute Gasteiger partial charge is 0.352 e. The van der Waals surface area contributed by atoms with E-state index in [1.807, 2.05) is 6.92 Å². The van der Waals surface area contributed by atoms with Crippen LogP contribution in [0.2, 0.25) is 0 Å². The van der Waals surface area contributed by atoms with Crippen LogP contribution in [0, 0.1) is 11.8 Å². The average Bonchev–Trinajstić information content (AvgIpc) is 2.66. The molecule has 0 bridgehead atoms. The van der Waals surface area contributed by atoms with Crippen LogP contribution in [-0.2, 0) is 4.79 Å². The SMILES string of the molecule is CC1CC1C(=O)N[C@H](C)CN. The molecule has 3 N–H and O–H groups in total. The van der Waals surface area contributed by atoms with Crippen LogP contribution in [0.1, 0.15) is 20.3 Å². The van der Waals surface area contributed by atoms with Crippen molar-refractivity contribution in [2.24, 2.45) is 17.6 Å². The van der Waals surface area contributed by atoms with E-state index in [2.05, 4.69) is 12.2 Å². The topological polar surface area (TPSA) is 55.1 Å². The molecule has 1 rings (SSSR count). The summed E-state index contributed by atoms with van der Waals surface area (Å²) in [4.78, 5) is 11.2. The zero-order chi connectivity index (χ0) is 8.43. The monoisotopic (exact) mass is 156 g/mol. The third-order valence-electron chi connectivity index (χ3n) is 2.19. The van der Waals surface area contributed by atoms with E-state index in [1.54, 1.807) is 0 Å². The predicted molar refractivity (Wildman–Crippen MR) is 43.9 cm³/mol. The van der Waals surface area contributed by atoms with Gasteiger partial charge >= 0.3 is 0 Å². The van der Waals surface area contributed by atoms with Gasteiger partial charge in [0.2, 0.25) is 5.91 Å². The summed E-state index contributed by atoms with van der Waals surface area (Å²) >= 11 is 0. The standard InChI is InChI=1S/C8H16N2O/c1-5-3-7(5)8(11)10-6(2)4-9/h5-7H,3-4,9H2,1-2H3,(H,10,11)/t5?,6-,7?/m1/s1. The van der Waals surface area contributed by atoms with Crippen LogP contribution < -0.4 is 11.1 Å². The molecule has 0 aliphatic heterocycles. The number of hydrogen-bond donors (Lipinski definition) is 2. The van der Waals surface area contributed by atoms with Gasteiger partial charge in [-0.05, 0) is 19.3 Å². The number of nitrogens with two attached hydrogens (primary N) is 1. The Hall–Kier alpha value is -0.570. The molecule has 0 aromatic carbocycles. The molecule has 3 atom stereocenters. The summed E-state index contributed by atoms with van der Waals surface area (Å²) in [7, 11) is 0. The number of amides is 1. The minimum absolute atomic E-state index is 0.121. The maximum absolute atomic E-state index is 11.2. The predicted octanol–water partition coefficient (Wildman–Crippen LogP) is 0.106. The van der Waals surface area contributed by atoms with Gasteiger partial charge in [0.25, 0.3) is 0 Å². The zero-order valence-corrected chi connectivity index (χ0v) is 7.13. The van der Waals surface area contributed by atoms with E-state index in [1.165, 1.54) is 0 Å². The first-order valence-corrected chi connectivity index (χ1v) is 4.15. The van der Waals surface area contributed by atoms with E-state index in [4.69, 9.17) is 5.73 Å². The Labute approximate surface area is 67.3 Å².